The van der Waals surface area contributed by atoms with E-state index in [1.165, 1.54) is 6.92 Å². The monoisotopic (exact) mass is 358 g/mol. The molecule has 0 radical (unpaired) electrons. The Kier molecular flexibility index (Phi) is 4.45. The molecule has 0 N–H and O–H groups in total. The predicted molar refractivity (Wildman–Crippen MR) is 101 cm³/mol. The van der Waals surface area contributed by atoms with Crippen molar-refractivity contribution >= 4 is 11.8 Å². The highest BCUT2D eigenvalue weighted by Gasteiger charge is 2.58. The second-order valence-electron chi connectivity index (χ2n) is 9.06. The predicted octanol–water partition coefficient (Wildman–Crippen LogP) is 5.02. The average molecular weight is 358 g/mol. The molecule has 2 atom stereocenters. The first-order valence-electron chi connectivity index (χ1n) is 9.52. The first-order valence-corrected chi connectivity index (χ1v) is 9.52. The van der Waals surface area contributed by atoms with Crippen molar-refractivity contribution in [3.8, 4) is 11.5 Å². The number of Topliss-reactive ketones (excluding diaryl/α,β-unsaturated/α-hetero) is 1. The van der Waals surface area contributed by atoms with Gasteiger partial charge in [0.1, 0.15) is 0 Å². The highest BCUT2D eigenvalue weighted by atomic mass is 16.6. The summed E-state index contributed by atoms with van der Waals surface area (Å²) in [6, 6.07) is 1.95. The van der Waals surface area contributed by atoms with Gasteiger partial charge in [0.15, 0.2) is 17.3 Å². The van der Waals surface area contributed by atoms with Crippen LogP contribution >= 0.6 is 0 Å². The second kappa shape index (κ2) is 6.11. The average Bonchev–Trinajstić information content (AvgIpc) is 2.74. The lowest BCUT2D eigenvalue weighted by molar-refractivity contribution is -0.132. The fraction of sp³-hybridized carbons (Fsp3) is 0.636. The summed E-state index contributed by atoms with van der Waals surface area (Å²) in [6.45, 7) is 12.0. The number of fused-ring (bicyclic) bond motifs is 3. The molecule has 0 aromatic heterocycles. The number of hydrogen-bond acceptors (Lipinski definition) is 4. The van der Waals surface area contributed by atoms with Crippen LogP contribution in [-0.4, -0.2) is 18.9 Å². The molecule has 1 saturated carbocycles. The van der Waals surface area contributed by atoms with Crippen LogP contribution in [0.2, 0.25) is 0 Å². The third-order valence-corrected chi connectivity index (χ3v) is 6.37. The molecule has 0 unspecified atom stereocenters. The summed E-state index contributed by atoms with van der Waals surface area (Å²) in [5.41, 5.74) is 2.19. The van der Waals surface area contributed by atoms with Crippen LogP contribution in [0.25, 0.3) is 0 Å². The van der Waals surface area contributed by atoms with Gasteiger partial charge in [0, 0.05) is 34.9 Å². The summed E-state index contributed by atoms with van der Waals surface area (Å²) in [4.78, 5) is 25.2. The minimum absolute atomic E-state index is 0.0618. The number of carbonyl (C=O) groups excluding carboxylic acids is 2. The van der Waals surface area contributed by atoms with Crippen molar-refractivity contribution in [2.75, 3.05) is 7.11 Å². The van der Waals surface area contributed by atoms with Gasteiger partial charge in [-0.25, -0.2) is 0 Å². The summed E-state index contributed by atoms with van der Waals surface area (Å²) in [6.07, 6.45) is 3.06. The standard InChI is InChI=1S/C22H30O4/c1-12(2)14-11-15-16(19(25-7)18(14)26-13(3)23)22(6)10-8-9-21(4,5)20(22)17(15)24/h11-12,20H,8-10H2,1-7H3/t20-,22-/m1/s1. The smallest absolute Gasteiger partial charge is 0.308 e. The Morgan fingerprint density at radius 3 is 2.38 bits per heavy atom. The van der Waals surface area contributed by atoms with Gasteiger partial charge < -0.3 is 9.47 Å². The molecule has 142 valence electrons. The van der Waals surface area contributed by atoms with E-state index in [0.717, 1.165) is 36.0 Å². The topological polar surface area (TPSA) is 52.6 Å². The van der Waals surface area contributed by atoms with Crippen molar-refractivity contribution in [2.45, 2.75) is 72.1 Å². The molecule has 0 heterocycles. The van der Waals surface area contributed by atoms with E-state index >= 15 is 0 Å². The lowest BCUT2D eigenvalue weighted by Crippen LogP contribution is -2.44. The van der Waals surface area contributed by atoms with Gasteiger partial charge in [0.05, 0.1) is 7.11 Å². The number of benzene rings is 1. The Morgan fingerprint density at radius 2 is 1.85 bits per heavy atom. The molecule has 2 aliphatic rings. The van der Waals surface area contributed by atoms with E-state index < -0.39 is 0 Å². The van der Waals surface area contributed by atoms with E-state index in [0.29, 0.717) is 11.5 Å². The number of ether oxygens (including phenoxy) is 2. The van der Waals surface area contributed by atoms with Crippen molar-refractivity contribution in [3.63, 3.8) is 0 Å². The molecule has 0 bridgehead atoms. The van der Waals surface area contributed by atoms with Gasteiger partial charge in [-0.1, -0.05) is 41.0 Å². The molecular formula is C22H30O4. The second-order valence-corrected chi connectivity index (χ2v) is 9.06. The van der Waals surface area contributed by atoms with E-state index in [2.05, 4.69) is 20.8 Å². The zero-order valence-corrected chi connectivity index (χ0v) is 17.0. The van der Waals surface area contributed by atoms with E-state index in [9.17, 15) is 9.59 Å². The summed E-state index contributed by atoms with van der Waals surface area (Å²) in [5, 5.41) is 0. The highest BCUT2D eigenvalue weighted by Crippen LogP contribution is 2.62. The first kappa shape index (κ1) is 18.9. The van der Waals surface area contributed by atoms with Crippen LogP contribution in [0.15, 0.2) is 6.07 Å². The quantitative estimate of drug-likeness (QED) is 0.562. The van der Waals surface area contributed by atoms with Gasteiger partial charge >= 0.3 is 5.97 Å². The Bertz CT molecular complexity index is 775. The normalized spacial score (nSPS) is 26.5. The van der Waals surface area contributed by atoms with Gasteiger partial charge in [-0.2, -0.15) is 0 Å². The molecule has 0 saturated heterocycles. The van der Waals surface area contributed by atoms with Crippen molar-refractivity contribution < 1.29 is 19.1 Å². The molecule has 1 fully saturated rings. The van der Waals surface area contributed by atoms with Crippen molar-refractivity contribution in [1.82, 2.24) is 0 Å². The minimum atomic E-state index is -0.375. The summed E-state index contributed by atoms with van der Waals surface area (Å²) in [5.74, 6) is 0.922. The number of rotatable bonds is 3. The van der Waals surface area contributed by atoms with Crippen molar-refractivity contribution in [3.05, 3.63) is 22.8 Å². The molecule has 0 amide bonds. The van der Waals surface area contributed by atoms with Gasteiger partial charge in [-0.15, -0.1) is 0 Å². The van der Waals surface area contributed by atoms with Gasteiger partial charge in [0.25, 0.3) is 0 Å². The molecule has 26 heavy (non-hydrogen) atoms. The maximum absolute atomic E-state index is 13.5. The largest absolute Gasteiger partial charge is 0.492 e. The molecule has 0 aliphatic heterocycles. The zero-order chi connectivity index (χ0) is 19.4. The molecule has 1 aromatic rings. The Balaban J connectivity index is 2.34. The van der Waals surface area contributed by atoms with Gasteiger partial charge in [-0.05, 0) is 30.2 Å². The van der Waals surface area contributed by atoms with Gasteiger partial charge in [-0.3, -0.25) is 9.59 Å². The van der Waals surface area contributed by atoms with Gasteiger partial charge in [0.2, 0.25) is 0 Å². The van der Waals surface area contributed by atoms with Crippen LogP contribution < -0.4 is 9.47 Å². The van der Waals surface area contributed by atoms with E-state index in [1.54, 1.807) is 7.11 Å². The Hall–Kier alpha value is -1.84. The molecule has 4 heteroatoms. The minimum Gasteiger partial charge on any atom is -0.492 e. The molecule has 4 nitrogen and oxygen atoms in total. The third-order valence-electron chi connectivity index (χ3n) is 6.37. The SMILES string of the molecule is COc1c(OC(C)=O)c(C(C)C)cc2c1[C@@]1(C)CCCC(C)(C)[C@H]1C2=O. The third kappa shape index (κ3) is 2.57. The van der Waals surface area contributed by atoms with Crippen molar-refractivity contribution in [1.29, 1.82) is 0 Å². The van der Waals surface area contributed by atoms with Crippen LogP contribution in [0.1, 0.15) is 88.2 Å². The summed E-state index contributed by atoms with van der Waals surface area (Å²) >= 11 is 0. The van der Waals surface area contributed by atoms with E-state index in [-0.39, 0.29) is 34.4 Å². The molecular weight excluding hydrogens is 328 g/mol. The van der Waals surface area contributed by atoms with Crippen LogP contribution in [-0.2, 0) is 10.2 Å². The van der Waals surface area contributed by atoms with E-state index in [1.807, 2.05) is 19.9 Å². The Labute approximate surface area is 156 Å². The summed E-state index contributed by atoms with van der Waals surface area (Å²) < 4.78 is 11.4. The maximum atomic E-state index is 13.5. The number of ketones is 1. The lowest BCUT2D eigenvalue weighted by Gasteiger charge is -2.46. The maximum Gasteiger partial charge on any atom is 0.308 e. The first-order chi connectivity index (χ1) is 12.0. The van der Waals surface area contributed by atoms with Crippen LogP contribution in [0, 0.1) is 11.3 Å². The molecule has 3 rings (SSSR count). The number of methoxy groups -OCH3 is 1. The van der Waals surface area contributed by atoms with Crippen molar-refractivity contribution in [2.24, 2.45) is 11.3 Å². The lowest BCUT2D eigenvalue weighted by atomic mass is 9.56. The van der Waals surface area contributed by atoms with Crippen LogP contribution in [0.5, 0.6) is 11.5 Å². The zero-order valence-electron chi connectivity index (χ0n) is 17.0. The molecule has 1 aromatic carbocycles. The number of hydrogen-bond donors (Lipinski definition) is 0. The fourth-order valence-electron chi connectivity index (χ4n) is 5.43. The van der Waals surface area contributed by atoms with Crippen LogP contribution in [0.4, 0.5) is 0 Å². The van der Waals surface area contributed by atoms with E-state index in [4.69, 9.17) is 9.47 Å². The summed E-state index contributed by atoms with van der Waals surface area (Å²) in [7, 11) is 1.60. The molecule has 0 spiro atoms. The number of esters is 1. The highest BCUT2D eigenvalue weighted by molar-refractivity contribution is 6.06. The number of carbonyl (C=O) groups is 2. The molecule has 2 aliphatic carbocycles. The van der Waals surface area contributed by atoms with Crippen LogP contribution in [0.3, 0.4) is 0 Å². The Morgan fingerprint density at radius 1 is 1.19 bits per heavy atom. The fourth-order valence-corrected chi connectivity index (χ4v) is 5.43.